The van der Waals surface area contributed by atoms with Crippen molar-refractivity contribution < 1.29 is 19.1 Å². The number of esters is 1. The lowest BCUT2D eigenvalue weighted by atomic mass is 9.85. The third kappa shape index (κ3) is 8.21. The molecule has 27 heavy (non-hydrogen) atoms. The molecule has 1 aromatic rings. The zero-order chi connectivity index (χ0) is 20.3. The van der Waals surface area contributed by atoms with Crippen LogP contribution in [0.2, 0.25) is 0 Å². The van der Waals surface area contributed by atoms with Gasteiger partial charge in [-0.15, -0.1) is 11.6 Å². The van der Waals surface area contributed by atoms with Crippen molar-refractivity contribution in [2.24, 2.45) is 5.41 Å². The molecule has 0 spiro atoms. The summed E-state index contributed by atoms with van der Waals surface area (Å²) in [5, 5.41) is 0. The molecule has 5 nitrogen and oxygen atoms in total. The molecular weight excluding hydrogens is 366 g/mol. The van der Waals surface area contributed by atoms with Crippen molar-refractivity contribution in [1.82, 2.24) is 4.90 Å². The van der Waals surface area contributed by atoms with Crippen LogP contribution in [0.25, 0.3) is 0 Å². The van der Waals surface area contributed by atoms with E-state index < -0.39 is 23.5 Å². The summed E-state index contributed by atoms with van der Waals surface area (Å²) in [6.45, 7) is 8.38. The van der Waals surface area contributed by atoms with Crippen molar-refractivity contribution in [3.63, 3.8) is 0 Å². The Kier molecular flexibility index (Phi) is 10.2. The Bertz CT molecular complexity index is 571. The van der Waals surface area contributed by atoms with Crippen LogP contribution >= 0.6 is 11.6 Å². The fourth-order valence-corrected chi connectivity index (χ4v) is 3.04. The molecule has 0 N–H and O–H groups in total. The second kappa shape index (κ2) is 11.9. The fraction of sp³-hybridized carbons (Fsp3) is 0.619. The quantitative estimate of drug-likeness (QED) is 0.316. The van der Waals surface area contributed by atoms with E-state index in [1.165, 1.54) is 4.90 Å². The van der Waals surface area contributed by atoms with Gasteiger partial charge in [0.25, 0.3) is 0 Å². The van der Waals surface area contributed by atoms with E-state index >= 15 is 0 Å². The van der Waals surface area contributed by atoms with Crippen LogP contribution in [0.3, 0.4) is 0 Å². The highest BCUT2D eigenvalue weighted by Gasteiger charge is 2.40. The van der Waals surface area contributed by atoms with Crippen molar-refractivity contribution in [3.05, 3.63) is 35.9 Å². The van der Waals surface area contributed by atoms with Gasteiger partial charge in [-0.3, -0.25) is 4.90 Å². The first-order valence-corrected chi connectivity index (χ1v) is 10.0. The molecule has 0 bridgehead atoms. The van der Waals surface area contributed by atoms with E-state index in [-0.39, 0.29) is 13.2 Å². The largest absolute Gasteiger partial charge is 0.464 e. The Morgan fingerprint density at radius 2 is 1.74 bits per heavy atom. The van der Waals surface area contributed by atoms with Crippen molar-refractivity contribution in [2.45, 2.75) is 59.6 Å². The molecule has 152 valence electrons. The number of benzene rings is 1. The Balaban J connectivity index is 2.93. The van der Waals surface area contributed by atoms with Gasteiger partial charge in [0.05, 0.1) is 6.61 Å². The third-order valence-electron chi connectivity index (χ3n) is 4.11. The molecule has 0 fully saturated rings. The Morgan fingerprint density at radius 3 is 2.30 bits per heavy atom. The lowest BCUT2D eigenvalue weighted by molar-refractivity contribution is -0.153. The maximum absolute atomic E-state index is 12.8. The number of rotatable bonds is 10. The predicted octanol–water partition coefficient (Wildman–Crippen LogP) is 5.01. The monoisotopic (exact) mass is 397 g/mol. The van der Waals surface area contributed by atoms with E-state index in [0.29, 0.717) is 12.4 Å². The van der Waals surface area contributed by atoms with Gasteiger partial charge in [0.15, 0.2) is 0 Å². The van der Waals surface area contributed by atoms with E-state index in [1.54, 1.807) is 6.92 Å². The summed E-state index contributed by atoms with van der Waals surface area (Å²) in [6.07, 6.45) is 2.00. The Hall–Kier alpha value is -1.75. The van der Waals surface area contributed by atoms with Gasteiger partial charge in [-0.2, -0.15) is 0 Å². The highest BCUT2D eigenvalue weighted by atomic mass is 35.5. The normalized spacial score (nSPS) is 12.3. The predicted molar refractivity (Wildman–Crippen MR) is 108 cm³/mol. The number of amides is 1. The molecule has 0 radical (unpaired) electrons. The summed E-state index contributed by atoms with van der Waals surface area (Å²) in [5.41, 5.74) is 0.418. The summed E-state index contributed by atoms with van der Waals surface area (Å²) in [6, 6.07) is 8.77. The van der Waals surface area contributed by atoms with Crippen LogP contribution in [0.4, 0.5) is 4.79 Å². The maximum atomic E-state index is 12.8. The van der Waals surface area contributed by atoms with E-state index in [2.05, 4.69) is 0 Å². The van der Waals surface area contributed by atoms with E-state index in [1.807, 2.05) is 51.1 Å². The number of hydrogen-bond acceptors (Lipinski definition) is 4. The third-order valence-corrected chi connectivity index (χ3v) is 4.38. The number of nitrogens with zero attached hydrogens (tertiary/aromatic N) is 1. The molecule has 6 heteroatoms. The van der Waals surface area contributed by atoms with E-state index in [4.69, 9.17) is 21.1 Å². The van der Waals surface area contributed by atoms with E-state index in [0.717, 1.165) is 24.8 Å². The molecule has 1 amide bonds. The molecule has 1 atom stereocenters. The minimum Gasteiger partial charge on any atom is -0.464 e. The molecule has 0 saturated heterocycles. The lowest BCUT2D eigenvalue weighted by Gasteiger charge is -2.37. The van der Waals surface area contributed by atoms with Crippen LogP contribution in [0.1, 0.15) is 52.5 Å². The van der Waals surface area contributed by atoms with Gasteiger partial charge >= 0.3 is 12.1 Å². The number of alkyl halides is 1. The lowest BCUT2D eigenvalue weighted by Crippen LogP contribution is -2.53. The minimum absolute atomic E-state index is 0.164. The molecule has 1 rings (SSSR count). The molecular formula is C21H32ClNO4. The summed E-state index contributed by atoms with van der Waals surface area (Å²) >= 11 is 5.74. The standard InChI is InChI=1S/C21H32ClNO4/c1-5-26-19(24)18(21(2,3)4)23(15-11-7-10-14-22)20(25)27-16-17-12-8-6-9-13-17/h6,8-9,12-13,18H,5,7,10-11,14-16H2,1-4H3/t18-/m1/s1. The molecule has 0 aliphatic carbocycles. The van der Waals surface area contributed by atoms with Gasteiger partial charge < -0.3 is 9.47 Å². The zero-order valence-corrected chi connectivity index (χ0v) is 17.6. The molecule has 1 aromatic carbocycles. The zero-order valence-electron chi connectivity index (χ0n) is 16.9. The summed E-state index contributed by atoms with van der Waals surface area (Å²) in [4.78, 5) is 27.0. The highest BCUT2D eigenvalue weighted by Crippen LogP contribution is 2.27. The first-order valence-electron chi connectivity index (χ1n) is 9.51. The maximum Gasteiger partial charge on any atom is 0.410 e. The number of hydrogen-bond donors (Lipinski definition) is 0. The van der Waals surface area contributed by atoms with E-state index in [9.17, 15) is 9.59 Å². The van der Waals surface area contributed by atoms with Gasteiger partial charge in [0.2, 0.25) is 0 Å². The van der Waals surface area contributed by atoms with Crippen LogP contribution in [0.15, 0.2) is 30.3 Å². The SMILES string of the molecule is CCOC(=O)[C@@H](N(CCCCCCl)C(=O)OCc1ccccc1)C(C)(C)C. The first-order chi connectivity index (χ1) is 12.8. The van der Waals surface area contributed by atoms with Gasteiger partial charge in [-0.25, -0.2) is 9.59 Å². The average Bonchev–Trinajstić information content (AvgIpc) is 2.62. The van der Waals surface area contributed by atoms with Crippen molar-refractivity contribution in [1.29, 1.82) is 0 Å². The molecule has 0 aromatic heterocycles. The second-order valence-corrected chi connectivity index (χ2v) is 7.88. The van der Waals surface area contributed by atoms with Gasteiger partial charge in [0.1, 0.15) is 12.6 Å². The average molecular weight is 398 g/mol. The summed E-state index contributed by atoms with van der Waals surface area (Å²) < 4.78 is 10.7. The molecule has 0 saturated carbocycles. The Morgan fingerprint density at radius 1 is 1.07 bits per heavy atom. The second-order valence-electron chi connectivity index (χ2n) is 7.50. The number of carbonyl (C=O) groups is 2. The molecule has 0 aliphatic heterocycles. The van der Waals surface area contributed by atoms with Crippen LogP contribution in [-0.4, -0.2) is 42.0 Å². The van der Waals surface area contributed by atoms with Gasteiger partial charge in [-0.05, 0) is 30.7 Å². The minimum atomic E-state index is -0.711. The van der Waals surface area contributed by atoms with Crippen molar-refractivity contribution >= 4 is 23.7 Å². The molecule has 0 aliphatic rings. The van der Waals surface area contributed by atoms with Crippen LogP contribution in [-0.2, 0) is 20.9 Å². The van der Waals surface area contributed by atoms with Crippen molar-refractivity contribution in [3.8, 4) is 0 Å². The number of carbonyl (C=O) groups excluding carboxylic acids is 2. The van der Waals surface area contributed by atoms with Crippen molar-refractivity contribution in [2.75, 3.05) is 19.0 Å². The van der Waals surface area contributed by atoms with Gasteiger partial charge in [-0.1, -0.05) is 57.5 Å². The Labute approximate surface area is 168 Å². The van der Waals surface area contributed by atoms with Crippen LogP contribution in [0.5, 0.6) is 0 Å². The topological polar surface area (TPSA) is 55.8 Å². The van der Waals surface area contributed by atoms with Crippen LogP contribution in [0, 0.1) is 5.41 Å². The fourth-order valence-electron chi connectivity index (χ4n) is 2.85. The summed E-state index contributed by atoms with van der Waals surface area (Å²) in [7, 11) is 0. The number of unbranched alkanes of at least 4 members (excludes halogenated alkanes) is 2. The number of ether oxygens (including phenoxy) is 2. The summed E-state index contributed by atoms with van der Waals surface area (Å²) in [5.74, 6) is 0.179. The highest BCUT2D eigenvalue weighted by molar-refractivity contribution is 6.17. The first kappa shape index (κ1) is 23.3. The van der Waals surface area contributed by atoms with Crippen LogP contribution < -0.4 is 0 Å². The molecule has 0 heterocycles. The number of halogens is 1. The smallest absolute Gasteiger partial charge is 0.410 e. The molecule has 0 unspecified atom stereocenters. The van der Waals surface area contributed by atoms with Gasteiger partial charge in [0, 0.05) is 12.4 Å².